The van der Waals surface area contributed by atoms with Crippen LogP contribution < -0.4 is 0 Å². The molecule has 0 saturated carbocycles. The summed E-state index contributed by atoms with van der Waals surface area (Å²) in [6.45, 7) is 3.13. The zero-order valence-corrected chi connectivity index (χ0v) is 7.99. The summed E-state index contributed by atoms with van der Waals surface area (Å²) in [5.74, 6) is 0. The molecule has 1 saturated heterocycles. The van der Waals surface area contributed by atoms with Gasteiger partial charge in [-0.3, -0.25) is 4.98 Å². The quantitative estimate of drug-likeness (QED) is 0.706. The van der Waals surface area contributed by atoms with Gasteiger partial charge in [-0.05, 0) is 43.9 Å². The summed E-state index contributed by atoms with van der Waals surface area (Å²) in [6, 6.07) is 4.14. The van der Waals surface area contributed by atoms with Gasteiger partial charge in [0.15, 0.2) is 0 Å². The Morgan fingerprint density at radius 1 is 1.46 bits per heavy atom. The van der Waals surface area contributed by atoms with Gasteiger partial charge in [-0.15, -0.1) is 0 Å². The first-order valence-electron chi connectivity index (χ1n) is 4.81. The van der Waals surface area contributed by atoms with E-state index < -0.39 is 0 Å². The fourth-order valence-electron chi connectivity index (χ4n) is 1.61. The lowest BCUT2D eigenvalue weighted by molar-refractivity contribution is -0.137. The van der Waals surface area contributed by atoms with E-state index >= 15 is 0 Å². The van der Waals surface area contributed by atoms with Crippen LogP contribution in [-0.2, 0) is 11.2 Å². The third-order valence-electron chi connectivity index (χ3n) is 2.77. The summed E-state index contributed by atoms with van der Waals surface area (Å²) < 4.78 is 5.52. The second-order valence-electron chi connectivity index (χ2n) is 3.90. The predicted octanol–water partition coefficient (Wildman–Crippen LogP) is 2.19. The molecule has 0 amide bonds. The molecule has 2 heteroatoms. The van der Waals surface area contributed by atoms with Gasteiger partial charge in [0.05, 0.1) is 12.2 Å². The van der Waals surface area contributed by atoms with Crippen LogP contribution in [0.15, 0.2) is 24.5 Å². The van der Waals surface area contributed by atoms with E-state index in [1.165, 1.54) is 12.0 Å². The van der Waals surface area contributed by atoms with E-state index in [2.05, 4.69) is 24.0 Å². The summed E-state index contributed by atoms with van der Waals surface area (Å²) in [5.41, 5.74) is 1.51. The minimum absolute atomic E-state index is 0.156. The summed E-state index contributed by atoms with van der Waals surface area (Å²) >= 11 is 0. The van der Waals surface area contributed by atoms with E-state index in [-0.39, 0.29) is 5.60 Å². The molecule has 0 aliphatic carbocycles. The van der Waals surface area contributed by atoms with Gasteiger partial charge < -0.3 is 4.74 Å². The monoisotopic (exact) mass is 177 g/mol. The Kier molecular flexibility index (Phi) is 2.32. The number of pyridine rings is 1. The molecule has 2 heterocycles. The first-order valence-corrected chi connectivity index (χ1v) is 4.81. The Balaban J connectivity index is 1.86. The molecule has 0 spiro atoms. The van der Waals surface area contributed by atoms with Crippen LogP contribution in [0.25, 0.3) is 0 Å². The van der Waals surface area contributed by atoms with Crippen molar-refractivity contribution in [1.29, 1.82) is 0 Å². The van der Waals surface area contributed by atoms with Crippen LogP contribution in [0.1, 0.15) is 25.3 Å². The standard InChI is InChI=1S/C11H15NO/c1-11(6-9-13-11)5-2-10-3-7-12-8-4-10/h3-4,7-8H,2,5-6,9H2,1H3. The van der Waals surface area contributed by atoms with E-state index in [9.17, 15) is 0 Å². The lowest BCUT2D eigenvalue weighted by Gasteiger charge is -2.38. The molecule has 0 radical (unpaired) electrons. The van der Waals surface area contributed by atoms with E-state index in [4.69, 9.17) is 4.74 Å². The molecule has 0 bridgehead atoms. The van der Waals surface area contributed by atoms with Gasteiger partial charge in [0.1, 0.15) is 0 Å². The molecule has 0 aromatic carbocycles. The molecule has 1 atom stereocenters. The topological polar surface area (TPSA) is 22.1 Å². The molecule has 1 aromatic heterocycles. The van der Waals surface area contributed by atoms with Crippen molar-refractivity contribution in [3.63, 3.8) is 0 Å². The number of ether oxygens (including phenoxy) is 1. The lowest BCUT2D eigenvalue weighted by Crippen LogP contribution is -2.40. The highest BCUT2D eigenvalue weighted by atomic mass is 16.5. The third kappa shape index (κ3) is 2.07. The van der Waals surface area contributed by atoms with Gasteiger partial charge in [-0.2, -0.15) is 0 Å². The summed E-state index contributed by atoms with van der Waals surface area (Å²) in [6.07, 6.45) is 7.12. The first-order chi connectivity index (χ1) is 6.29. The SMILES string of the molecule is CC1(CCc2ccncc2)CCO1. The third-order valence-corrected chi connectivity index (χ3v) is 2.77. The molecule has 2 rings (SSSR count). The largest absolute Gasteiger partial charge is 0.375 e. The molecule has 1 unspecified atom stereocenters. The van der Waals surface area contributed by atoms with Gasteiger partial charge in [-0.25, -0.2) is 0 Å². The Bertz CT molecular complexity index is 267. The number of hydrogen-bond acceptors (Lipinski definition) is 2. The maximum Gasteiger partial charge on any atom is 0.0679 e. The molecule has 70 valence electrons. The highest BCUT2D eigenvalue weighted by molar-refractivity contribution is 5.10. The summed E-state index contributed by atoms with van der Waals surface area (Å²) in [7, 11) is 0. The Morgan fingerprint density at radius 3 is 2.69 bits per heavy atom. The number of aromatic nitrogens is 1. The minimum Gasteiger partial charge on any atom is -0.375 e. The molecular formula is C11H15NO. The highest BCUT2D eigenvalue weighted by Gasteiger charge is 2.32. The van der Waals surface area contributed by atoms with Crippen LogP contribution in [0.2, 0.25) is 0 Å². The average molecular weight is 177 g/mol. The van der Waals surface area contributed by atoms with Crippen LogP contribution in [0.3, 0.4) is 0 Å². The van der Waals surface area contributed by atoms with E-state index in [1.54, 1.807) is 0 Å². The van der Waals surface area contributed by atoms with Gasteiger partial charge in [0.25, 0.3) is 0 Å². The van der Waals surface area contributed by atoms with Crippen LogP contribution >= 0.6 is 0 Å². The van der Waals surface area contributed by atoms with Gasteiger partial charge in [0.2, 0.25) is 0 Å². The van der Waals surface area contributed by atoms with Crippen LogP contribution in [-0.4, -0.2) is 17.2 Å². The average Bonchev–Trinajstić information content (AvgIpc) is 2.13. The summed E-state index contributed by atoms with van der Waals surface area (Å²) in [4.78, 5) is 3.99. The van der Waals surface area contributed by atoms with E-state index in [0.717, 1.165) is 19.4 Å². The van der Waals surface area contributed by atoms with E-state index in [1.807, 2.05) is 12.4 Å². The van der Waals surface area contributed by atoms with Crippen molar-refractivity contribution in [1.82, 2.24) is 4.98 Å². The maximum atomic E-state index is 5.52. The minimum atomic E-state index is 0.156. The van der Waals surface area contributed by atoms with Crippen molar-refractivity contribution in [2.24, 2.45) is 0 Å². The molecule has 1 fully saturated rings. The van der Waals surface area contributed by atoms with Crippen LogP contribution in [0, 0.1) is 0 Å². The van der Waals surface area contributed by atoms with Gasteiger partial charge in [0, 0.05) is 12.4 Å². The number of rotatable bonds is 3. The fraction of sp³-hybridized carbons (Fsp3) is 0.545. The number of hydrogen-bond donors (Lipinski definition) is 0. The zero-order chi connectivity index (χ0) is 9.15. The number of nitrogens with zero attached hydrogens (tertiary/aromatic N) is 1. The molecular weight excluding hydrogens is 162 g/mol. The molecule has 1 aromatic rings. The Morgan fingerprint density at radius 2 is 2.15 bits per heavy atom. The molecule has 1 aliphatic rings. The highest BCUT2D eigenvalue weighted by Crippen LogP contribution is 2.30. The predicted molar refractivity (Wildman–Crippen MR) is 51.5 cm³/mol. The van der Waals surface area contributed by atoms with Crippen molar-refractivity contribution in [3.05, 3.63) is 30.1 Å². The molecule has 2 nitrogen and oxygen atoms in total. The van der Waals surface area contributed by atoms with Crippen molar-refractivity contribution < 1.29 is 4.74 Å². The van der Waals surface area contributed by atoms with Crippen molar-refractivity contribution >= 4 is 0 Å². The summed E-state index contributed by atoms with van der Waals surface area (Å²) in [5, 5.41) is 0. The van der Waals surface area contributed by atoms with Gasteiger partial charge in [-0.1, -0.05) is 0 Å². The van der Waals surface area contributed by atoms with Crippen molar-refractivity contribution in [3.8, 4) is 0 Å². The Labute approximate surface area is 78.9 Å². The Hall–Kier alpha value is -0.890. The maximum absolute atomic E-state index is 5.52. The van der Waals surface area contributed by atoms with Crippen molar-refractivity contribution in [2.75, 3.05) is 6.61 Å². The zero-order valence-electron chi connectivity index (χ0n) is 7.99. The molecule has 1 aliphatic heterocycles. The van der Waals surface area contributed by atoms with Crippen LogP contribution in [0.5, 0.6) is 0 Å². The van der Waals surface area contributed by atoms with E-state index in [0.29, 0.717) is 0 Å². The molecule has 0 N–H and O–H groups in total. The smallest absolute Gasteiger partial charge is 0.0679 e. The lowest BCUT2D eigenvalue weighted by atomic mass is 9.90. The first kappa shape index (κ1) is 8.70. The normalized spacial score (nSPS) is 26.8. The second kappa shape index (κ2) is 3.46. The second-order valence-corrected chi connectivity index (χ2v) is 3.90. The van der Waals surface area contributed by atoms with Gasteiger partial charge >= 0.3 is 0 Å². The van der Waals surface area contributed by atoms with Crippen LogP contribution in [0.4, 0.5) is 0 Å². The molecule has 13 heavy (non-hydrogen) atoms. The fourth-order valence-corrected chi connectivity index (χ4v) is 1.61. The van der Waals surface area contributed by atoms with Crippen molar-refractivity contribution in [2.45, 2.75) is 31.8 Å². The number of aryl methyl sites for hydroxylation is 1.